The normalized spacial score (nSPS) is 18.5. The van der Waals surface area contributed by atoms with E-state index in [0.29, 0.717) is 22.5 Å². The number of hydrogen-bond donors (Lipinski definition) is 1. The van der Waals surface area contributed by atoms with Crippen LogP contribution in [0.3, 0.4) is 0 Å². The first-order valence-electron chi connectivity index (χ1n) is 7.15. The number of benzene rings is 1. The summed E-state index contributed by atoms with van der Waals surface area (Å²) in [7, 11) is 0. The second-order valence-electron chi connectivity index (χ2n) is 5.88. The molecule has 0 bridgehead atoms. The van der Waals surface area contributed by atoms with E-state index in [-0.39, 0.29) is 5.91 Å². The lowest BCUT2D eigenvalue weighted by Crippen LogP contribution is -2.35. The van der Waals surface area contributed by atoms with Crippen molar-refractivity contribution in [2.75, 3.05) is 30.7 Å². The first-order valence-corrected chi connectivity index (χ1v) is 8.13. The maximum Gasteiger partial charge on any atom is 0.238 e. The summed E-state index contributed by atoms with van der Waals surface area (Å²) < 4.78 is 0.298. The van der Waals surface area contributed by atoms with Gasteiger partial charge in [0.2, 0.25) is 5.91 Å². The van der Waals surface area contributed by atoms with Crippen LogP contribution in [-0.2, 0) is 4.79 Å². The van der Waals surface area contributed by atoms with Crippen molar-refractivity contribution in [1.29, 1.82) is 5.26 Å². The number of carbonyl (C=O) groups is 1. The number of nitriles is 1. The van der Waals surface area contributed by atoms with Gasteiger partial charge in [-0.3, -0.25) is 9.69 Å². The van der Waals surface area contributed by atoms with Gasteiger partial charge in [0, 0.05) is 29.3 Å². The van der Waals surface area contributed by atoms with Crippen LogP contribution in [0.4, 0.5) is 5.69 Å². The van der Waals surface area contributed by atoms with Crippen molar-refractivity contribution in [3.63, 3.8) is 0 Å². The van der Waals surface area contributed by atoms with Gasteiger partial charge in [-0.25, -0.2) is 0 Å². The summed E-state index contributed by atoms with van der Waals surface area (Å²) in [6.45, 7) is 6.82. The Bertz CT molecular complexity index is 551. The van der Waals surface area contributed by atoms with Gasteiger partial charge in [-0.1, -0.05) is 19.9 Å². The Labute approximate surface area is 130 Å². The quantitative estimate of drug-likeness (QED) is 0.933. The Hall–Kier alpha value is -1.51. The molecule has 21 heavy (non-hydrogen) atoms. The zero-order valence-electron chi connectivity index (χ0n) is 12.6. The van der Waals surface area contributed by atoms with E-state index in [1.165, 1.54) is 0 Å². The van der Waals surface area contributed by atoms with E-state index in [1.807, 2.05) is 11.8 Å². The molecule has 0 atom stereocenters. The van der Waals surface area contributed by atoms with Gasteiger partial charge < -0.3 is 5.32 Å². The highest BCUT2D eigenvalue weighted by Gasteiger charge is 2.24. The molecule has 1 saturated heterocycles. The average molecular weight is 303 g/mol. The van der Waals surface area contributed by atoms with Gasteiger partial charge in [0.1, 0.15) is 0 Å². The molecule has 0 unspecified atom stereocenters. The summed E-state index contributed by atoms with van der Waals surface area (Å²) >= 11 is 1.97. The highest BCUT2D eigenvalue weighted by atomic mass is 32.2. The van der Waals surface area contributed by atoms with Gasteiger partial charge in [-0.2, -0.15) is 17.0 Å². The number of carbonyl (C=O) groups excluding carboxylic acids is 1. The fraction of sp³-hybridized carbons (Fsp3) is 0.500. The molecular weight excluding hydrogens is 282 g/mol. The maximum absolute atomic E-state index is 12.1. The maximum atomic E-state index is 12.1. The molecule has 112 valence electrons. The number of nitrogens with one attached hydrogen (secondary N) is 1. The molecule has 2 rings (SSSR count). The molecule has 1 aliphatic rings. The van der Waals surface area contributed by atoms with E-state index in [4.69, 9.17) is 5.26 Å². The fourth-order valence-electron chi connectivity index (χ4n) is 2.29. The molecule has 0 aliphatic carbocycles. The monoisotopic (exact) mass is 303 g/mol. The molecule has 1 aromatic rings. The Morgan fingerprint density at radius 1 is 1.48 bits per heavy atom. The van der Waals surface area contributed by atoms with Crippen LogP contribution < -0.4 is 5.32 Å². The van der Waals surface area contributed by atoms with Crippen molar-refractivity contribution in [2.24, 2.45) is 0 Å². The molecule has 5 heteroatoms. The van der Waals surface area contributed by atoms with E-state index in [9.17, 15) is 4.79 Å². The molecule has 1 fully saturated rings. The smallest absolute Gasteiger partial charge is 0.238 e. The van der Waals surface area contributed by atoms with E-state index in [1.54, 1.807) is 24.3 Å². The van der Waals surface area contributed by atoms with E-state index in [2.05, 4.69) is 30.1 Å². The molecule has 1 heterocycles. The van der Waals surface area contributed by atoms with Crippen LogP contribution in [0.1, 0.15) is 25.8 Å². The van der Waals surface area contributed by atoms with Crippen LogP contribution in [-0.4, -0.2) is 40.9 Å². The van der Waals surface area contributed by atoms with Crippen LogP contribution in [0.5, 0.6) is 0 Å². The minimum absolute atomic E-state index is 0.0187. The van der Waals surface area contributed by atoms with Gasteiger partial charge in [0.25, 0.3) is 0 Å². The van der Waals surface area contributed by atoms with Crippen molar-refractivity contribution in [3.8, 4) is 6.07 Å². The highest BCUT2D eigenvalue weighted by Crippen LogP contribution is 2.30. The van der Waals surface area contributed by atoms with Crippen molar-refractivity contribution in [2.45, 2.75) is 25.0 Å². The molecule has 0 aromatic heterocycles. The summed E-state index contributed by atoms with van der Waals surface area (Å²) in [6.07, 6.45) is 1.09. The first kappa shape index (κ1) is 15.9. The SMILES string of the molecule is CC1(C)CCN(CC(=O)Nc2cccc(C#N)c2)CCS1. The summed E-state index contributed by atoms with van der Waals surface area (Å²) in [5.74, 6) is 1.04. The Balaban J connectivity index is 1.88. The molecule has 1 amide bonds. The number of anilines is 1. The largest absolute Gasteiger partial charge is 0.325 e. The predicted molar refractivity (Wildman–Crippen MR) is 87.4 cm³/mol. The topological polar surface area (TPSA) is 56.1 Å². The van der Waals surface area contributed by atoms with Crippen molar-refractivity contribution < 1.29 is 4.79 Å². The second kappa shape index (κ2) is 6.97. The number of amides is 1. The Morgan fingerprint density at radius 3 is 3.05 bits per heavy atom. The zero-order chi connectivity index (χ0) is 15.3. The zero-order valence-corrected chi connectivity index (χ0v) is 13.4. The lowest BCUT2D eigenvalue weighted by molar-refractivity contribution is -0.117. The van der Waals surface area contributed by atoms with Crippen molar-refractivity contribution >= 4 is 23.4 Å². The van der Waals surface area contributed by atoms with Crippen molar-refractivity contribution in [1.82, 2.24) is 4.90 Å². The van der Waals surface area contributed by atoms with Crippen LogP contribution in [0.15, 0.2) is 24.3 Å². The predicted octanol–water partition coefficient (Wildman–Crippen LogP) is 2.71. The standard InChI is InChI=1S/C16H21N3OS/c1-16(2)6-7-19(8-9-21-16)12-15(20)18-14-5-3-4-13(10-14)11-17/h3-5,10H,6-9,12H2,1-2H3,(H,18,20). The van der Waals surface area contributed by atoms with Crippen LogP contribution >= 0.6 is 11.8 Å². The molecule has 1 aliphatic heterocycles. The van der Waals surface area contributed by atoms with Crippen LogP contribution in [0.2, 0.25) is 0 Å². The molecular formula is C16H21N3OS. The molecule has 1 aromatic carbocycles. The lowest BCUT2D eigenvalue weighted by Gasteiger charge is -2.22. The van der Waals surface area contributed by atoms with Gasteiger partial charge in [-0.05, 0) is 24.6 Å². The third-order valence-corrected chi connectivity index (χ3v) is 4.95. The number of nitrogens with zero attached hydrogens (tertiary/aromatic N) is 2. The molecule has 0 saturated carbocycles. The third-order valence-electron chi connectivity index (χ3n) is 3.57. The second-order valence-corrected chi connectivity index (χ2v) is 7.68. The van der Waals surface area contributed by atoms with Crippen LogP contribution in [0, 0.1) is 11.3 Å². The number of thioether (sulfide) groups is 1. The fourth-order valence-corrected chi connectivity index (χ4v) is 3.43. The summed E-state index contributed by atoms with van der Waals surface area (Å²) in [4.78, 5) is 14.3. The lowest BCUT2D eigenvalue weighted by atomic mass is 10.1. The third kappa shape index (κ3) is 5.07. The van der Waals surface area contributed by atoms with E-state index >= 15 is 0 Å². The van der Waals surface area contributed by atoms with E-state index < -0.39 is 0 Å². The van der Waals surface area contributed by atoms with Crippen molar-refractivity contribution in [3.05, 3.63) is 29.8 Å². The minimum Gasteiger partial charge on any atom is -0.325 e. The summed E-state index contributed by atoms with van der Waals surface area (Å²) in [5, 5.41) is 11.7. The molecule has 0 radical (unpaired) electrons. The average Bonchev–Trinajstić information content (AvgIpc) is 2.60. The Morgan fingerprint density at radius 2 is 2.29 bits per heavy atom. The van der Waals surface area contributed by atoms with Gasteiger partial charge in [-0.15, -0.1) is 0 Å². The summed E-state index contributed by atoms with van der Waals surface area (Å²) in [6, 6.07) is 9.08. The summed E-state index contributed by atoms with van der Waals surface area (Å²) in [5.41, 5.74) is 1.24. The Kier molecular flexibility index (Phi) is 5.27. The van der Waals surface area contributed by atoms with Gasteiger partial charge in [0.05, 0.1) is 18.2 Å². The highest BCUT2D eigenvalue weighted by molar-refractivity contribution is 8.00. The number of rotatable bonds is 3. The molecule has 1 N–H and O–H groups in total. The van der Waals surface area contributed by atoms with Crippen LogP contribution in [0.25, 0.3) is 0 Å². The number of hydrogen-bond acceptors (Lipinski definition) is 4. The molecule has 0 spiro atoms. The molecule has 4 nitrogen and oxygen atoms in total. The minimum atomic E-state index is -0.0187. The van der Waals surface area contributed by atoms with Gasteiger partial charge >= 0.3 is 0 Å². The van der Waals surface area contributed by atoms with Gasteiger partial charge in [0.15, 0.2) is 0 Å². The first-order chi connectivity index (χ1) is 9.98. The van der Waals surface area contributed by atoms with E-state index in [0.717, 1.165) is 25.3 Å².